The first-order valence-electron chi connectivity index (χ1n) is 6.49. The lowest BCUT2D eigenvalue weighted by molar-refractivity contribution is 0.177. The minimum absolute atomic E-state index is 0.299. The molecule has 0 aliphatic heterocycles. The third kappa shape index (κ3) is 3.45. The van der Waals surface area contributed by atoms with Gasteiger partial charge < -0.3 is 15.2 Å². The van der Waals surface area contributed by atoms with E-state index in [1.807, 2.05) is 24.3 Å². The molecular formula is C15H19N3O2. The van der Waals surface area contributed by atoms with Gasteiger partial charge in [0.2, 0.25) is 5.88 Å². The molecule has 0 spiro atoms. The summed E-state index contributed by atoms with van der Waals surface area (Å²) in [6.45, 7) is 4.53. The van der Waals surface area contributed by atoms with Crippen LogP contribution >= 0.6 is 0 Å². The number of rotatable bonds is 5. The van der Waals surface area contributed by atoms with E-state index in [4.69, 9.17) is 15.2 Å². The Bertz CT molecular complexity index is 585. The Morgan fingerprint density at radius 3 is 2.65 bits per heavy atom. The van der Waals surface area contributed by atoms with Crippen LogP contribution in [0.25, 0.3) is 0 Å². The molecule has 2 N–H and O–H groups in total. The van der Waals surface area contributed by atoms with Crippen LogP contribution in [-0.4, -0.2) is 17.1 Å². The Kier molecular flexibility index (Phi) is 4.53. The number of para-hydroxylation sites is 1. The van der Waals surface area contributed by atoms with Crippen molar-refractivity contribution in [2.75, 3.05) is 12.8 Å². The van der Waals surface area contributed by atoms with E-state index in [-0.39, 0.29) is 0 Å². The monoisotopic (exact) mass is 273 g/mol. The quantitative estimate of drug-likeness (QED) is 0.906. The second kappa shape index (κ2) is 6.34. The summed E-state index contributed by atoms with van der Waals surface area (Å²) in [5, 5.41) is 0. The summed E-state index contributed by atoms with van der Waals surface area (Å²) in [6, 6.07) is 9.50. The zero-order valence-electron chi connectivity index (χ0n) is 12.0. The van der Waals surface area contributed by atoms with Crippen LogP contribution in [0, 0.1) is 0 Å². The fourth-order valence-corrected chi connectivity index (χ4v) is 1.90. The van der Waals surface area contributed by atoms with E-state index in [1.165, 1.54) is 0 Å². The summed E-state index contributed by atoms with van der Waals surface area (Å²) in [4.78, 5) is 8.37. The van der Waals surface area contributed by atoms with Gasteiger partial charge in [0.25, 0.3) is 0 Å². The van der Waals surface area contributed by atoms with Crippen molar-refractivity contribution in [3.05, 3.63) is 41.7 Å². The predicted molar refractivity (Wildman–Crippen MR) is 77.8 cm³/mol. The van der Waals surface area contributed by atoms with Crippen molar-refractivity contribution < 1.29 is 9.47 Å². The standard InChI is InChI=1S/C15H19N3O2/c1-10(2)11-6-4-5-7-12(11)20-15-8-13(16)17-14(18-15)9-19-3/h4-8,10H,9H2,1-3H3,(H2,16,17,18). The molecule has 0 amide bonds. The molecule has 5 nitrogen and oxygen atoms in total. The summed E-state index contributed by atoms with van der Waals surface area (Å²) in [7, 11) is 1.58. The number of anilines is 1. The first-order valence-corrected chi connectivity index (χ1v) is 6.49. The molecule has 0 bridgehead atoms. The Labute approximate surface area is 118 Å². The molecule has 2 aromatic rings. The molecule has 0 atom stereocenters. The number of methoxy groups -OCH3 is 1. The Hall–Kier alpha value is -2.14. The largest absolute Gasteiger partial charge is 0.439 e. The van der Waals surface area contributed by atoms with E-state index < -0.39 is 0 Å². The molecule has 106 valence electrons. The van der Waals surface area contributed by atoms with E-state index in [0.717, 1.165) is 11.3 Å². The number of hydrogen-bond acceptors (Lipinski definition) is 5. The number of hydrogen-bond donors (Lipinski definition) is 1. The molecule has 5 heteroatoms. The van der Waals surface area contributed by atoms with Crippen LogP contribution < -0.4 is 10.5 Å². The van der Waals surface area contributed by atoms with Crippen molar-refractivity contribution in [1.29, 1.82) is 0 Å². The second-order valence-corrected chi connectivity index (χ2v) is 4.77. The Balaban J connectivity index is 2.30. The van der Waals surface area contributed by atoms with Gasteiger partial charge in [0.15, 0.2) is 5.82 Å². The first kappa shape index (κ1) is 14.3. The van der Waals surface area contributed by atoms with Crippen LogP contribution in [-0.2, 0) is 11.3 Å². The van der Waals surface area contributed by atoms with Crippen LogP contribution in [0.5, 0.6) is 11.6 Å². The SMILES string of the molecule is COCc1nc(N)cc(Oc2ccccc2C(C)C)n1. The Morgan fingerprint density at radius 1 is 1.20 bits per heavy atom. The van der Waals surface area contributed by atoms with Crippen LogP contribution in [0.2, 0.25) is 0 Å². The van der Waals surface area contributed by atoms with Crippen LogP contribution in [0.15, 0.2) is 30.3 Å². The van der Waals surface area contributed by atoms with Gasteiger partial charge in [-0.25, -0.2) is 4.98 Å². The second-order valence-electron chi connectivity index (χ2n) is 4.77. The molecule has 0 aliphatic rings. The predicted octanol–water partition coefficient (Wildman–Crippen LogP) is 3.12. The number of nitrogens with zero attached hydrogens (tertiary/aromatic N) is 2. The molecule has 0 saturated carbocycles. The topological polar surface area (TPSA) is 70.3 Å². The summed E-state index contributed by atoms with van der Waals surface area (Å²) in [6.07, 6.45) is 0. The van der Waals surface area contributed by atoms with Gasteiger partial charge in [-0.2, -0.15) is 4.98 Å². The van der Waals surface area contributed by atoms with Gasteiger partial charge in [0.05, 0.1) is 0 Å². The molecule has 0 aliphatic carbocycles. The van der Waals surface area contributed by atoms with Crippen molar-refractivity contribution in [3.8, 4) is 11.6 Å². The zero-order valence-corrected chi connectivity index (χ0v) is 12.0. The lowest BCUT2D eigenvalue weighted by atomic mass is 10.0. The molecule has 0 fully saturated rings. The van der Waals surface area contributed by atoms with Gasteiger partial charge in [0, 0.05) is 13.2 Å². The molecule has 2 rings (SSSR count). The minimum Gasteiger partial charge on any atom is -0.439 e. The van der Waals surface area contributed by atoms with E-state index >= 15 is 0 Å². The highest BCUT2D eigenvalue weighted by molar-refractivity contribution is 5.40. The summed E-state index contributed by atoms with van der Waals surface area (Å²) >= 11 is 0. The Morgan fingerprint density at radius 2 is 1.95 bits per heavy atom. The maximum atomic E-state index is 5.85. The number of nitrogen functional groups attached to an aromatic ring is 1. The number of benzene rings is 1. The van der Waals surface area contributed by atoms with Gasteiger partial charge in [0.1, 0.15) is 18.2 Å². The van der Waals surface area contributed by atoms with Crippen molar-refractivity contribution in [3.63, 3.8) is 0 Å². The molecular weight excluding hydrogens is 254 g/mol. The highest BCUT2D eigenvalue weighted by atomic mass is 16.5. The number of aromatic nitrogens is 2. The highest BCUT2D eigenvalue weighted by Crippen LogP contribution is 2.29. The molecule has 0 saturated heterocycles. The fraction of sp³-hybridized carbons (Fsp3) is 0.333. The van der Waals surface area contributed by atoms with Crippen molar-refractivity contribution in [1.82, 2.24) is 9.97 Å². The average Bonchev–Trinajstić information content (AvgIpc) is 2.38. The summed E-state index contributed by atoms with van der Waals surface area (Å²) in [5.41, 5.74) is 6.88. The maximum Gasteiger partial charge on any atom is 0.224 e. The molecule has 1 aromatic heterocycles. The van der Waals surface area contributed by atoms with Gasteiger partial charge in [-0.1, -0.05) is 32.0 Å². The molecule has 1 aromatic carbocycles. The smallest absolute Gasteiger partial charge is 0.224 e. The lowest BCUT2D eigenvalue weighted by Crippen LogP contribution is -2.03. The fourth-order valence-electron chi connectivity index (χ4n) is 1.90. The summed E-state index contributed by atoms with van der Waals surface area (Å²) in [5.74, 6) is 2.44. The minimum atomic E-state index is 0.299. The van der Waals surface area contributed by atoms with Crippen LogP contribution in [0.1, 0.15) is 31.2 Å². The van der Waals surface area contributed by atoms with Crippen molar-refractivity contribution in [2.24, 2.45) is 0 Å². The summed E-state index contributed by atoms with van der Waals surface area (Å²) < 4.78 is 10.9. The van der Waals surface area contributed by atoms with E-state index in [1.54, 1.807) is 13.2 Å². The molecule has 1 heterocycles. The molecule has 0 radical (unpaired) electrons. The van der Waals surface area contributed by atoms with Gasteiger partial charge in [-0.15, -0.1) is 0 Å². The van der Waals surface area contributed by atoms with Gasteiger partial charge >= 0.3 is 0 Å². The first-order chi connectivity index (χ1) is 9.60. The number of ether oxygens (including phenoxy) is 2. The lowest BCUT2D eigenvalue weighted by Gasteiger charge is -2.13. The third-order valence-corrected chi connectivity index (χ3v) is 2.80. The van der Waals surface area contributed by atoms with Crippen molar-refractivity contribution >= 4 is 5.82 Å². The van der Waals surface area contributed by atoms with Crippen LogP contribution in [0.4, 0.5) is 5.82 Å². The highest BCUT2D eigenvalue weighted by Gasteiger charge is 2.10. The maximum absolute atomic E-state index is 5.85. The normalized spacial score (nSPS) is 10.8. The van der Waals surface area contributed by atoms with Crippen LogP contribution in [0.3, 0.4) is 0 Å². The van der Waals surface area contributed by atoms with Gasteiger partial charge in [-0.05, 0) is 17.5 Å². The van der Waals surface area contributed by atoms with Crippen molar-refractivity contribution in [2.45, 2.75) is 26.4 Å². The molecule has 0 unspecified atom stereocenters. The van der Waals surface area contributed by atoms with E-state index in [0.29, 0.717) is 30.0 Å². The zero-order chi connectivity index (χ0) is 14.5. The van der Waals surface area contributed by atoms with E-state index in [2.05, 4.69) is 23.8 Å². The average molecular weight is 273 g/mol. The van der Waals surface area contributed by atoms with Gasteiger partial charge in [-0.3, -0.25) is 0 Å². The molecule has 20 heavy (non-hydrogen) atoms. The number of nitrogens with two attached hydrogens (primary N) is 1. The third-order valence-electron chi connectivity index (χ3n) is 2.80. The van der Waals surface area contributed by atoms with E-state index in [9.17, 15) is 0 Å².